The Kier molecular flexibility index (Phi) is 5.23. The summed E-state index contributed by atoms with van der Waals surface area (Å²) in [6.07, 6.45) is 2.37. The van der Waals surface area contributed by atoms with Crippen molar-refractivity contribution in [1.82, 2.24) is 9.88 Å². The van der Waals surface area contributed by atoms with E-state index in [4.69, 9.17) is 8.83 Å². The van der Waals surface area contributed by atoms with Gasteiger partial charge in [0.05, 0.1) is 12.3 Å². The Morgan fingerprint density at radius 2 is 2.18 bits per heavy atom. The molecule has 0 aliphatic heterocycles. The Morgan fingerprint density at radius 1 is 1.41 bits per heavy atom. The Hall–Kier alpha value is -2.26. The van der Waals surface area contributed by atoms with Gasteiger partial charge in [0, 0.05) is 13.0 Å². The second-order valence-corrected chi connectivity index (χ2v) is 5.87. The highest BCUT2D eigenvalue weighted by Crippen LogP contribution is 2.23. The summed E-state index contributed by atoms with van der Waals surface area (Å²) < 4.78 is 11.1. The minimum absolute atomic E-state index is 0.0418. The average molecular weight is 302 g/mol. The molecular formula is C16H22N4O2. The first kappa shape index (κ1) is 16.1. The minimum Gasteiger partial charge on any atom is -0.468 e. The maximum atomic E-state index is 9.18. The number of nitrogens with zero attached hydrogens (tertiary/aromatic N) is 3. The van der Waals surface area contributed by atoms with Gasteiger partial charge in [0.15, 0.2) is 5.89 Å². The molecule has 0 bridgehead atoms. The van der Waals surface area contributed by atoms with Gasteiger partial charge in [-0.1, -0.05) is 13.8 Å². The Bertz CT molecular complexity index is 623. The zero-order valence-corrected chi connectivity index (χ0v) is 13.5. The van der Waals surface area contributed by atoms with Gasteiger partial charge in [0.2, 0.25) is 11.6 Å². The van der Waals surface area contributed by atoms with Crippen molar-refractivity contribution in [3.05, 3.63) is 35.7 Å². The number of oxazole rings is 1. The maximum Gasteiger partial charge on any atom is 0.232 e. The van der Waals surface area contributed by atoms with E-state index < -0.39 is 0 Å². The van der Waals surface area contributed by atoms with Crippen LogP contribution in [-0.4, -0.2) is 30.5 Å². The molecule has 6 nitrogen and oxygen atoms in total. The number of aromatic nitrogens is 1. The molecule has 2 aromatic heterocycles. The van der Waals surface area contributed by atoms with Gasteiger partial charge in [-0.15, -0.1) is 0 Å². The van der Waals surface area contributed by atoms with Crippen molar-refractivity contribution in [3.8, 4) is 6.07 Å². The molecule has 0 aliphatic rings. The normalized spacial score (nSPS) is 12.6. The summed E-state index contributed by atoms with van der Waals surface area (Å²) in [5.74, 6) is 2.30. The predicted molar refractivity (Wildman–Crippen MR) is 83.4 cm³/mol. The third-order valence-corrected chi connectivity index (χ3v) is 3.31. The lowest BCUT2D eigenvalue weighted by molar-refractivity contribution is 0.268. The summed E-state index contributed by atoms with van der Waals surface area (Å²) in [5.41, 5.74) is 0.299. The van der Waals surface area contributed by atoms with Crippen LogP contribution >= 0.6 is 0 Å². The molecular weight excluding hydrogens is 280 g/mol. The van der Waals surface area contributed by atoms with Crippen molar-refractivity contribution in [3.63, 3.8) is 0 Å². The summed E-state index contributed by atoms with van der Waals surface area (Å²) in [7, 11) is 3.95. The van der Waals surface area contributed by atoms with Crippen LogP contribution in [0.2, 0.25) is 0 Å². The third-order valence-electron chi connectivity index (χ3n) is 3.31. The molecule has 2 rings (SSSR count). The smallest absolute Gasteiger partial charge is 0.232 e. The first-order valence-electron chi connectivity index (χ1n) is 7.34. The van der Waals surface area contributed by atoms with Gasteiger partial charge in [-0.05, 0) is 32.1 Å². The molecule has 0 aromatic carbocycles. The molecule has 0 saturated heterocycles. The molecule has 0 spiro atoms. The van der Waals surface area contributed by atoms with E-state index in [1.54, 1.807) is 6.26 Å². The minimum atomic E-state index is 0.0418. The summed E-state index contributed by atoms with van der Waals surface area (Å²) in [6, 6.07) is 5.91. The van der Waals surface area contributed by atoms with Crippen LogP contribution in [0, 0.1) is 17.2 Å². The van der Waals surface area contributed by atoms with Crippen molar-refractivity contribution >= 4 is 5.88 Å². The molecule has 1 N–H and O–H groups in total. The molecule has 0 saturated carbocycles. The van der Waals surface area contributed by atoms with Gasteiger partial charge in [-0.25, -0.2) is 4.98 Å². The average Bonchev–Trinajstić information content (AvgIpc) is 3.08. The van der Waals surface area contributed by atoms with Gasteiger partial charge in [0.1, 0.15) is 11.8 Å². The first-order chi connectivity index (χ1) is 10.5. The molecule has 0 aliphatic carbocycles. The van der Waals surface area contributed by atoms with E-state index in [-0.39, 0.29) is 6.04 Å². The monoisotopic (exact) mass is 302 g/mol. The van der Waals surface area contributed by atoms with Gasteiger partial charge in [-0.3, -0.25) is 4.90 Å². The molecule has 1 atom stereocenters. The molecule has 0 fully saturated rings. The van der Waals surface area contributed by atoms with Crippen LogP contribution in [0.4, 0.5) is 5.88 Å². The molecule has 22 heavy (non-hydrogen) atoms. The highest BCUT2D eigenvalue weighted by atomic mass is 16.4. The van der Waals surface area contributed by atoms with E-state index in [9.17, 15) is 5.26 Å². The third kappa shape index (κ3) is 3.89. The van der Waals surface area contributed by atoms with Crippen molar-refractivity contribution < 1.29 is 8.83 Å². The van der Waals surface area contributed by atoms with Crippen LogP contribution in [-0.2, 0) is 6.42 Å². The summed E-state index contributed by atoms with van der Waals surface area (Å²) in [5, 5.41) is 12.4. The number of hydrogen-bond donors (Lipinski definition) is 1. The van der Waals surface area contributed by atoms with Gasteiger partial charge in [-0.2, -0.15) is 5.26 Å². The lowest BCUT2D eigenvalue weighted by atomic mass is 10.1. The maximum absolute atomic E-state index is 9.18. The number of likely N-dealkylation sites (N-methyl/N-ethyl adjacent to an activating group) is 1. The van der Waals surface area contributed by atoms with Gasteiger partial charge < -0.3 is 14.2 Å². The van der Waals surface area contributed by atoms with Crippen molar-refractivity contribution in [2.75, 3.05) is 26.0 Å². The quantitative estimate of drug-likeness (QED) is 0.847. The number of nitrogens with one attached hydrogen (secondary N) is 1. The Balaban J connectivity index is 2.09. The first-order valence-corrected chi connectivity index (χ1v) is 7.34. The molecule has 0 amide bonds. The van der Waals surface area contributed by atoms with E-state index in [1.165, 1.54) is 0 Å². The van der Waals surface area contributed by atoms with Crippen LogP contribution in [0.1, 0.15) is 37.2 Å². The van der Waals surface area contributed by atoms with E-state index in [1.807, 2.05) is 31.1 Å². The van der Waals surface area contributed by atoms with E-state index in [0.717, 1.165) is 5.76 Å². The van der Waals surface area contributed by atoms with E-state index in [2.05, 4.69) is 30.2 Å². The standard InChI is InChI=1S/C16H22N4O2/c1-11(2)8-15-19-12(9-17)16(22-15)18-10-13(20(3)4)14-6-5-7-21-14/h5-7,11,13,18H,8,10H2,1-4H3/t13-/m0/s1. The fraction of sp³-hybridized carbons (Fsp3) is 0.500. The number of anilines is 1. The second-order valence-electron chi connectivity index (χ2n) is 5.87. The van der Waals surface area contributed by atoms with Gasteiger partial charge >= 0.3 is 0 Å². The molecule has 6 heteroatoms. The van der Waals surface area contributed by atoms with Crippen LogP contribution in [0.25, 0.3) is 0 Å². The number of rotatable bonds is 7. The Labute approximate surface area is 130 Å². The Morgan fingerprint density at radius 3 is 2.73 bits per heavy atom. The van der Waals surface area contributed by atoms with Crippen LogP contribution in [0.15, 0.2) is 27.2 Å². The van der Waals surface area contributed by atoms with Gasteiger partial charge in [0.25, 0.3) is 0 Å². The highest BCUT2D eigenvalue weighted by Gasteiger charge is 2.19. The second kappa shape index (κ2) is 7.14. The zero-order valence-electron chi connectivity index (χ0n) is 13.5. The van der Waals surface area contributed by atoms with Crippen molar-refractivity contribution in [1.29, 1.82) is 5.26 Å². The molecule has 2 heterocycles. The van der Waals surface area contributed by atoms with Crippen LogP contribution < -0.4 is 5.32 Å². The largest absolute Gasteiger partial charge is 0.468 e. The van der Waals surface area contributed by atoms with Crippen molar-refractivity contribution in [2.24, 2.45) is 5.92 Å². The van der Waals surface area contributed by atoms with Crippen LogP contribution in [0.3, 0.4) is 0 Å². The lowest BCUT2D eigenvalue weighted by Gasteiger charge is -2.22. The zero-order chi connectivity index (χ0) is 16.1. The SMILES string of the molecule is CC(C)Cc1nc(C#N)c(NC[C@@H](c2ccco2)N(C)C)o1. The van der Waals surface area contributed by atoms with E-state index >= 15 is 0 Å². The topological polar surface area (TPSA) is 78.2 Å². The van der Waals surface area contributed by atoms with Crippen LogP contribution in [0.5, 0.6) is 0 Å². The number of hydrogen-bond acceptors (Lipinski definition) is 6. The fourth-order valence-corrected chi connectivity index (χ4v) is 2.20. The summed E-state index contributed by atoms with van der Waals surface area (Å²) >= 11 is 0. The predicted octanol–water partition coefficient (Wildman–Crippen LogP) is 3.05. The molecule has 118 valence electrons. The highest BCUT2D eigenvalue weighted by molar-refractivity contribution is 5.45. The fourth-order valence-electron chi connectivity index (χ4n) is 2.20. The number of furan rings is 1. The molecule has 0 unspecified atom stereocenters. The molecule has 0 radical (unpaired) electrons. The summed E-state index contributed by atoms with van der Waals surface area (Å²) in [6.45, 7) is 4.73. The van der Waals surface area contributed by atoms with Crippen molar-refractivity contribution in [2.45, 2.75) is 26.3 Å². The summed E-state index contributed by atoms with van der Waals surface area (Å²) in [4.78, 5) is 6.27. The molecule has 2 aromatic rings. The van der Waals surface area contributed by atoms with E-state index in [0.29, 0.717) is 36.4 Å². The lowest BCUT2D eigenvalue weighted by Crippen LogP contribution is -2.26. The number of nitriles is 1.